The maximum atomic E-state index is 11.3. The molecule has 0 fully saturated rings. The number of hydrogen-bond acceptors (Lipinski definition) is 3. The van der Waals surface area contributed by atoms with Crippen LogP contribution in [0.15, 0.2) is 24.3 Å². The Bertz CT molecular complexity index is 441. The van der Waals surface area contributed by atoms with Crippen LogP contribution in [-0.2, 0) is 11.3 Å². The largest absolute Gasteiger partial charge is 0.355 e. The van der Waals surface area contributed by atoms with Crippen molar-refractivity contribution < 1.29 is 4.79 Å². The normalized spacial score (nSPS) is 9.58. The minimum Gasteiger partial charge on any atom is -0.355 e. The van der Waals surface area contributed by atoms with Gasteiger partial charge >= 0.3 is 0 Å². The molecule has 19 heavy (non-hydrogen) atoms. The van der Waals surface area contributed by atoms with E-state index < -0.39 is 0 Å². The topological polar surface area (TPSA) is 64.9 Å². The minimum absolute atomic E-state index is 0. The maximum absolute atomic E-state index is 11.3. The third-order valence-corrected chi connectivity index (χ3v) is 2.51. The first-order valence-electron chi connectivity index (χ1n) is 6.11. The first-order valence-corrected chi connectivity index (χ1v) is 6.11. The average molecular weight is 282 g/mol. The molecule has 0 atom stereocenters. The summed E-state index contributed by atoms with van der Waals surface area (Å²) in [5.74, 6) is 0.0978. The van der Waals surface area contributed by atoms with Gasteiger partial charge in [0.25, 0.3) is 0 Å². The molecule has 1 amide bonds. The number of nitriles is 1. The van der Waals surface area contributed by atoms with Crippen LogP contribution in [-0.4, -0.2) is 19.0 Å². The van der Waals surface area contributed by atoms with E-state index in [0.29, 0.717) is 18.7 Å². The second kappa shape index (κ2) is 9.37. The van der Waals surface area contributed by atoms with E-state index in [2.05, 4.69) is 16.7 Å². The first-order chi connectivity index (χ1) is 8.63. The highest BCUT2D eigenvalue weighted by atomic mass is 35.5. The summed E-state index contributed by atoms with van der Waals surface area (Å²) in [7, 11) is 0. The van der Waals surface area contributed by atoms with E-state index in [1.807, 2.05) is 32.0 Å². The zero-order chi connectivity index (χ0) is 13.4. The van der Waals surface area contributed by atoms with Crippen molar-refractivity contribution in [2.45, 2.75) is 20.4 Å². The first kappa shape index (κ1) is 17.4. The highest BCUT2D eigenvalue weighted by molar-refractivity contribution is 5.85. The van der Waals surface area contributed by atoms with Gasteiger partial charge in [-0.25, -0.2) is 0 Å². The molecule has 5 heteroatoms. The second-order valence-corrected chi connectivity index (χ2v) is 4.43. The zero-order valence-electron chi connectivity index (χ0n) is 11.3. The van der Waals surface area contributed by atoms with Gasteiger partial charge in [-0.1, -0.05) is 26.0 Å². The van der Waals surface area contributed by atoms with Gasteiger partial charge < -0.3 is 10.6 Å². The summed E-state index contributed by atoms with van der Waals surface area (Å²) in [6.07, 6.45) is 0. The van der Waals surface area contributed by atoms with E-state index in [1.165, 1.54) is 0 Å². The van der Waals surface area contributed by atoms with Crippen LogP contribution >= 0.6 is 12.4 Å². The lowest BCUT2D eigenvalue weighted by Crippen LogP contribution is -2.34. The number of amides is 1. The van der Waals surface area contributed by atoms with Gasteiger partial charge in [0.2, 0.25) is 5.91 Å². The van der Waals surface area contributed by atoms with E-state index in [4.69, 9.17) is 5.26 Å². The number of carbonyl (C=O) groups is 1. The maximum Gasteiger partial charge on any atom is 0.222 e. The van der Waals surface area contributed by atoms with E-state index >= 15 is 0 Å². The molecule has 4 nitrogen and oxygen atoms in total. The van der Waals surface area contributed by atoms with Gasteiger partial charge in [-0.2, -0.15) is 5.26 Å². The van der Waals surface area contributed by atoms with Crippen LogP contribution in [0.2, 0.25) is 0 Å². The predicted molar refractivity (Wildman–Crippen MR) is 78.0 cm³/mol. The number of nitrogens with zero attached hydrogens (tertiary/aromatic N) is 1. The van der Waals surface area contributed by atoms with Crippen LogP contribution in [0, 0.1) is 17.2 Å². The molecule has 1 aromatic carbocycles. The number of benzene rings is 1. The molecule has 0 aliphatic carbocycles. The highest BCUT2D eigenvalue weighted by Crippen LogP contribution is 2.03. The number of rotatable bonds is 6. The highest BCUT2D eigenvalue weighted by Gasteiger charge is 2.04. The molecule has 0 unspecified atom stereocenters. The minimum atomic E-state index is 0. The molecule has 0 aliphatic heterocycles. The second-order valence-electron chi connectivity index (χ2n) is 4.43. The van der Waals surface area contributed by atoms with Crippen LogP contribution in [0.25, 0.3) is 0 Å². The molecule has 1 aromatic rings. The third-order valence-electron chi connectivity index (χ3n) is 2.51. The smallest absolute Gasteiger partial charge is 0.222 e. The van der Waals surface area contributed by atoms with Crippen molar-refractivity contribution in [2.24, 2.45) is 5.92 Å². The molecular formula is C14H20ClN3O. The summed E-state index contributed by atoms with van der Waals surface area (Å²) < 4.78 is 0. The standard InChI is InChI=1S/C14H19N3O.ClH/c1-11(2)14(18)17-7-6-16-10-13-5-3-4-12(8-13)9-15;/h3-5,8,11,16H,6-7,10H2,1-2H3,(H,17,18);1H. The SMILES string of the molecule is CC(C)C(=O)NCCNCc1cccc(C#N)c1.Cl. The van der Waals surface area contributed by atoms with Crippen LogP contribution in [0.4, 0.5) is 0 Å². The Kier molecular flexibility index (Phi) is 8.60. The van der Waals surface area contributed by atoms with Gasteiger partial charge in [0.15, 0.2) is 0 Å². The molecule has 0 saturated heterocycles. The lowest BCUT2D eigenvalue weighted by Gasteiger charge is -2.08. The Morgan fingerprint density at radius 3 is 2.74 bits per heavy atom. The number of carbonyl (C=O) groups excluding carboxylic acids is 1. The number of nitrogens with one attached hydrogen (secondary N) is 2. The molecule has 104 valence electrons. The molecular weight excluding hydrogens is 262 g/mol. The molecule has 0 saturated carbocycles. The van der Waals surface area contributed by atoms with Crippen molar-refractivity contribution in [1.29, 1.82) is 5.26 Å². The lowest BCUT2D eigenvalue weighted by atomic mass is 10.1. The number of halogens is 1. The fraction of sp³-hybridized carbons (Fsp3) is 0.429. The van der Waals surface area contributed by atoms with Crippen molar-refractivity contribution in [3.63, 3.8) is 0 Å². The van der Waals surface area contributed by atoms with Gasteiger partial charge in [-0.05, 0) is 17.7 Å². The van der Waals surface area contributed by atoms with Crippen LogP contribution in [0.1, 0.15) is 25.0 Å². The summed E-state index contributed by atoms with van der Waals surface area (Å²) in [6.45, 7) is 5.78. The molecule has 0 aromatic heterocycles. The van der Waals surface area contributed by atoms with Gasteiger partial charge in [0.05, 0.1) is 11.6 Å². The molecule has 0 aliphatic rings. The Hall–Kier alpha value is -1.57. The Balaban J connectivity index is 0.00000324. The quantitative estimate of drug-likeness (QED) is 0.782. The van der Waals surface area contributed by atoms with Gasteiger partial charge in [-0.3, -0.25) is 4.79 Å². The fourth-order valence-electron chi connectivity index (χ4n) is 1.46. The van der Waals surface area contributed by atoms with Crippen molar-refractivity contribution in [2.75, 3.05) is 13.1 Å². The van der Waals surface area contributed by atoms with Crippen LogP contribution in [0.5, 0.6) is 0 Å². The van der Waals surface area contributed by atoms with Crippen LogP contribution < -0.4 is 10.6 Å². The number of hydrogen-bond donors (Lipinski definition) is 2. The monoisotopic (exact) mass is 281 g/mol. The molecule has 0 bridgehead atoms. The Labute approximate surface area is 120 Å². The average Bonchev–Trinajstić information content (AvgIpc) is 2.38. The fourth-order valence-corrected chi connectivity index (χ4v) is 1.46. The van der Waals surface area contributed by atoms with Crippen molar-refractivity contribution in [3.8, 4) is 6.07 Å². The lowest BCUT2D eigenvalue weighted by molar-refractivity contribution is -0.123. The molecule has 0 heterocycles. The Morgan fingerprint density at radius 2 is 2.11 bits per heavy atom. The summed E-state index contributed by atoms with van der Waals surface area (Å²) >= 11 is 0. The molecule has 0 spiro atoms. The van der Waals surface area contributed by atoms with Gasteiger partial charge in [0.1, 0.15) is 0 Å². The van der Waals surface area contributed by atoms with E-state index in [9.17, 15) is 4.79 Å². The molecule has 2 N–H and O–H groups in total. The summed E-state index contributed by atoms with van der Waals surface area (Å²) in [5.41, 5.74) is 1.74. The molecule has 1 rings (SSSR count). The zero-order valence-corrected chi connectivity index (χ0v) is 12.1. The van der Waals surface area contributed by atoms with Gasteiger partial charge in [-0.15, -0.1) is 12.4 Å². The van der Waals surface area contributed by atoms with Gasteiger partial charge in [0, 0.05) is 25.6 Å². The van der Waals surface area contributed by atoms with Crippen molar-refractivity contribution in [1.82, 2.24) is 10.6 Å². The Morgan fingerprint density at radius 1 is 1.37 bits per heavy atom. The van der Waals surface area contributed by atoms with E-state index in [0.717, 1.165) is 12.1 Å². The van der Waals surface area contributed by atoms with Crippen molar-refractivity contribution >= 4 is 18.3 Å². The molecule has 0 radical (unpaired) electrons. The van der Waals surface area contributed by atoms with E-state index in [-0.39, 0.29) is 24.2 Å². The summed E-state index contributed by atoms with van der Waals surface area (Å²) in [4.78, 5) is 11.3. The van der Waals surface area contributed by atoms with E-state index in [1.54, 1.807) is 6.07 Å². The third kappa shape index (κ3) is 6.80. The van der Waals surface area contributed by atoms with Crippen molar-refractivity contribution in [3.05, 3.63) is 35.4 Å². The summed E-state index contributed by atoms with van der Waals surface area (Å²) in [6, 6.07) is 9.60. The van der Waals surface area contributed by atoms with Crippen LogP contribution in [0.3, 0.4) is 0 Å². The summed E-state index contributed by atoms with van der Waals surface area (Å²) in [5, 5.41) is 14.8. The predicted octanol–water partition coefficient (Wildman–Crippen LogP) is 1.84.